The molecule has 0 unspecified atom stereocenters. The zero-order valence-corrected chi connectivity index (χ0v) is 10.3. The molecule has 86 valence electrons. The number of aryl methyl sites for hydroxylation is 1. The Bertz CT molecular complexity index is 466. The lowest BCUT2D eigenvalue weighted by atomic mass is 10.0. The lowest BCUT2D eigenvalue weighted by Crippen LogP contribution is -1.84. The quantitative estimate of drug-likeness (QED) is 0.711. The van der Waals surface area contributed by atoms with Crippen molar-refractivity contribution in [2.45, 2.75) is 19.1 Å². The van der Waals surface area contributed by atoms with Crippen molar-refractivity contribution in [3.63, 3.8) is 0 Å². The second-order valence-electron chi connectivity index (χ2n) is 4.44. The van der Waals surface area contributed by atoms with E-state index in [1.165, 1.54) is 16.7 Å². The third-order valence-electron chi connectivity index (χ3n) is 3.10. The summed E-state index contributed by atoms with van der Waals surface area (Å²) in [6.45, 7) is 2.09. The number of ether oxygens (including phenoxy) is 1. The van der Waals surface area contributed by atoms with Crippen LogP contribution in [0.3, 0.4) is 0 Å². The summed E-state index contributed by atoms with van der Waals surface area (Å²) in [6.07, 6.45) is 0.395. The number of epoxide rings is 1. The van der Waals surface area contributed by atoms with Gasteiger partial charge in [-0.15, -0.1) is 0 Å². The molecular weight excluding hydrogens is 232 g/mol. The van der Waals surface area contributed by atoms with E-state index in [4.69, 9.17) is 16.3 Å². The molecule has 0 spiro atoms. The fourth-order valence-electron chi connectivity index (χ4n) is 2.03. The average molecular weight is 245 g/mol. The van der Waals surface area contributed by atoms with E-state index in [1.54, 1.807) is 0 Å². The Hall–Kier alpha value is -1.31. The average Bonchev–Trinajstić information content (AvgIpc) is 3.11. The van der Waals surface area contributed by atoms with Gasteiger partial charge in [-0.1, -0.05) is 53.6 Å². The molecule has 1 aliphatic heterocycles. The molecule has 1 heterocycles. The highest BCUT2D eigenvalue weighted by atomic mass is 35.5. The van der Waals surface area contributed by atoms with E-state index in [9.17, 15) is 0 Å². The summed E-state index contributed by atoms with van der Waals surface area (Å²) in [5.41, 5.74) is 3.72. The zero-order valence-electron chi connectivity index (χ0n) is 9.56. The Kier molecular flexibility index (Phi) is 2.65. The molecule has 0 aromatic heterocycles. The maximum Gasteiger partial charge on any atom is 0.114 e. The fourth-order valence-corrected chi connectivity index (χ4v) is 2.15. The predicted molar refractivity (Wildman–Crippen MR) is 69.2 cm³/mol. The molecule has 0 aliphatic carbocycles. The van der Waals surface area contributed by atoms with Gasteiger partial charge in [-0.3, -0.25) is 0 Å². The van der Waals surface area contributed by atoms with Gasteiger partial charge in [0.15, 0.2) is 0 Å². The van der Waals surface area contributed by atoms with Crippen molar-refractivity contribution >= 4 is 11.6 Å². The first-order valence-corrected chi connectivity index (χ1v) is 6.09. The van der Waals surface area contributed by atoms with Crippen LogP contribution in [0.2, 0.25) is 5.02 Å². The summed E-state index contributed by atoms with van der Waals surface area (Å²) in [6, 6.07) is 16.4. The first-order chi connectivity index (χ1) is 8.24. The minimum absolute atomic E-state index is 0.190. The van der Waals surface area contributed by atoms with Crippen LogP contribution < -0.4 is 0 Å². The first-order valence-electron chi connectivity index (χ1n) is 5.71. The lowest BCUT2D eigenvalue weighted by molar-refractivity contribution is 0.377. The van der Waals surface area contributed by atoms with E-state index in [-0.39, 0.29) is 12.2 Å². The highest BCUT2D eigenvalue weighted by molar-refractivity contribution is 6.30. The van der Waals surface area contributed by atoms with Crippen LogP contribution in [0.5, 0.6) is 0 Å². The standard InChI is InChI=1S/C15H13ClO/c1-10-2-4-11(5-3-10)14-15(17-14)12-6-8-13(16)9-7-12/h2-9,14-15H,1H3/t14-,15+/m1/s1. The van der Waals surface area contributed by atoms with Gasteiger partial charge in [-0.25, -0.2) is 0 Å². The Balaban J connectivity index is 1.78. The highest BCUT2D eigenvalue weighted by Gasteiger charge is 2.41. The van der Waals surface area contributed by atoms with E-state index in [0.29, 0.717) is 0 Å². The fraction of sp³-hybridized carbons (Fsp3) is 0.200. The third kappa shape index (κ3) is 2.21. The van der Waals surface area contributed by atoms with E-state index in [1.807, 2.05) is 24.3 Å². The molecule has 1 aliphatic rings. The minimum Gasteiger partial charge on any atom is -0.359 e. The van der Waals surface area contributed by atoms with Crippen molar-refractivity contribution in [2.75, 3.05) is 0 Å². The zero-order chi connectivity index (χ0) is 11.8. The minimum atomic E-state index is 0.190. The smallest absolute Gasteiger partial charge is 0.114 e. The van der Waals surface area contributed by atoms with Crippen LogP contribution in [0.1, 0.15) is 28.9 Å². The number of rotatable bonds is 2. The predicted octanol–water partition coefficient (Wildman–Crippen LogP) is 4.46. The third-order valence-corrected chi connectivity index (χ3v) is 3.35. The SMILES string of the molecule is Cc1ccc([C@H]2O[C@H]2c2ccc(Cl)cc2)cc1. The molecule has 3 rings (SSSR count). The van der Waals surface area contributed by atoms with Gasteiger partial charge in [-0.05, 0) is 30.2 Å². The van der Waals surface area contributed by atoms with Gasteiger partial charge in [0.05, 0.1) is 0 Å². The molecule has 2 aromatic carbocycles. The van der Waals surface area contributed by atoms with Crippen LogP contribution in [0.4, 0.5) is 0 Å². The van der Waals surface area contributed by atoms with Gasteiger partial charge in [0, 0.05) is 5.02 Å². The molecule has 17 heavy (non-hydrogen) atoms. The molecule has 1 saturated heterocycles. The molecule has 1 nitrogen and oxygen atoms in total. The lowest BCUT2D eigenvalue weighted by Gasteiger charge is -1.98. The Morgan fingerprint density at radius 2 is 1.29 bits per heavy atom. The second kappa shape index (κ2) is 4.17. The monoisotopic (exact) mass is 244 g/mol. The molecule has 0 bridgehead atoms. The summed E-state index contributed by atoms with van der Waals surface area (Å²) < 4.78 is 5.73. The van der Waals surface area contributed by atoms with Crippen LogP contribution in [-0.2, 0) is 4.74 Å². The number of benzene rings is 2. The molecule has 2 heteroatoms. The van der Waals surface area contributed by atoms with Gasteiger partial charge < -0.3 is 4.74 Å². The molecule has 0 amide bonds. The molecule has 2 atom stereocenters. The molecule has 0 N–H and O–H groups in total. The van der Waals surface area contributed by atoms with Crippen LogP contribution in [0, 0.1) is 6.92 Å². The molecule has 1 fully saturated rings. The second-order valence-corrected chi connectivity index (χ2v) is 4.88. The van der Waals surface area contributed by atoms with Gasteiger partial charge in [0.1, 0.15) is 12.2 Å². The Morgan fingerprint density at radius 3 is 1.82 bits per heavy atom. The maximum atomic E-state index is 5.87. The van der Waals surface area contributed by atoms with Crippen molar-refractivity contribution in [2.24, 2.45) is 0 Å². The molecular formula is C15H13ClO. The van der Waals surface area contributed by atoms with Gasteiger partial charge in [0.2, 0.25) is 0 Å². The number of hydrogen-bond donors (Lipinski definition) is 0. The molecule has 0 saturated carbocycles. The van der Waals surface area contributed by atoms with Crippen molar-refractivity contribution in [1.82, 2.24) is 0 Å². The normalized spacial score (nSPS) is 22.5. The topological polar surface area (TPSA) is 12.5 Å². The summed E-state index contributed by atoms with van der Waals surface area (Å²) in [5, 5.41) is 0.765. The van der Waals surface area contributed by atoms with Gasteiger partial charge in [-0.2, -0.15) is 0 Å². The Morgan fingerprint density at radius 1 is 0.824 bits per heavy atom. The van der Waals surface area contributed by atoms with Gasteiger partial charge in [0.25, 0.3) is 0 Å². The van der Waals surface area contributed by atoms with Crippen molar-refractivity contribution < 1.29 is 4.74 Å². The number of hydrogen-bond acceptors (Lipinski definition) is 1. The summed E-state index contributed by atoms with van der Waals surface area (Å²) >= 11 is 5.87. The molecule has 2 aromatic rings. The van der Waals surface area contributed by atoms with Crippen molar-refractivity contribution in [3.8, 4) is 0 Å². The summed E-state index contributed by atoms with van der Waals surface area (Å²) in [7, 11) is 0. The summed E-state index contributed by atoms with van der Waals surface area (Å²) in [4.78, 5) is 0. The van der Waals surface area contributed by atoms with Crippen molar-refractivity contribution in [3.05, 3.63) is 70.2 Å². The van der Waals surface area contributed by atoms with Crippen LogP contribution in [0.25, 0.3) is 0 Å². The summed E-state index contributed by atoms with van der Waals surface area (Å²) in [5.74, 6) is 0. The van der Waals surface area contributed by atoms with Crippen LogP contribution >= 0.6 is 11.6 Å². The highest BCUT2D eigenvalue weighted by Crippen LogP contribution is 2.50. The van der Waals surface area contributed by atoms with E-state index in [0.717, 1.165) is 5.02 Å². The van der Waals surface area contributed by atoms with E-state index < -0.39 is 0 Å². The Labute approximate surface area is 106 Å². The van der Waals surface area contributed by atoms with Gasteiger partial charge >= 0.3 is 0 Å². The van der Waals surface area contributed by atoms with Crippen LogP contribution in [-0.4, -0.2) is 0 Å². The first kappa shape index (κ1) is 10.8. The maximum absolute atomic E-state index is 5.87. The largest absolute Gasteiger partial charge is 0.359 e. The van der Waals surface area contributed by atoms with Crippen LogP contribution in [0.15, 0.2) is 48.5 Å². The van der Waals surface area contributed by atoms with E-state index >= 15 is 0 Å². The van der Waals surface area contributed by atoms with Crippen molar-refractivity contribution in [1.29, 1.82) is 0 Å². The number of halogens is 1. The van der Waals surface area contributed by atoms with E-state index in [2.05, 4.69) is 31.2 Å². The molecule has 0 radical (unpaired) electrons.